The molecular weight excluding hydrogens is 340 g/mol. The topological polar surface area (TPSA) is 67.4 Å². The Hall–Kier alpha value is -2.34. The minimum Gasteiger partial charge on any atom is -0.495 e. The van der Waals surface area contributed by atoms with E-state index in [0.29, 0.717) is 28.0 Å². The summed E-state index contributed by atoms with van der Waals surface area (Å²) in [6.07, 6.45) is 2.16. The molecule has 0 saturated carbocycles. The number of hydrogen-bond donors (Lipinski definition) is 1. The molecule has 0 spiro atoms. The average molecular weight is 363 g/mol. The monoisotopic (exact) mass is 362 g/mol. The van der Waals surface area contributed by atoms with Crippen molar-refractivity contribution >= 4 is 29.0 Å². The number of methoxy groups -OCH3 is 1. The van der Waals surface area contributed by atoms with Gasteiger partial charge in [-0.1, -0.05) is 24.9 Å². The molecular formula is C18H23ClN4O2. The van der Waals surface area contributed by atoms with E-state index in [-0.39, 0.29) is 5.91 Å². The van der Waals surface area contributed by atoms with Crippen LogP contribution in [0.4, 0.5) is 11.5 Å². The molecule has 134 valence electrons. The van der Waals surface area contributed by atoms with Gasteiger partial charge in [0, 0.05) is 25.3 Å². The summed E-state index contributed by atoms with van der Waals surface area (Å²) in [5.74, 6) is 1.53. The quantitative estimate of drug-likeness (QED) is 0.808. The molecule has 7 heteroatoms. The van der Waals surface area contributed by atoms with Gasteiger partial charge in [-0.05, 0) is 31.5 Å². The highest BCUT2D eigenvalue weighted by molar-refractivity contribution is 6.32. The molecule has 1 heterocycles. The smallest absolute Gasteiger partial charge is 0.274 e. The summed E-state index contributed by atoms with van der Waals surface area (Å²) in [6.45, 7) is 4.79. The Balaban J connectivity index is 2.18. The second-order valence-electron chi connectivity index (χ2n) is 5.74. The normalized spacial score (nSPS) is 10.4. The van der Waals surface area contributed by atoms with Gasteiger partial charge in [0.25, 0.3) is 5.91 Å². The van der Waals surface area contributed by atoms with Crippen molar-refractivity contribution in [1.82, 2.24) is 9.97 Å². The molecule has 0 bridgehead atoms. The predicted molar refractivity (Wildman–Crippen MR) is 101 cm³/mol. The summed E-state index contributed by atoms with van der Waals surface area (Å²) >= 11 is 6.09. The fourth-order valence-corrected chi connectivity index (χ4v) is 2.57. The fourth-order valence-electron chi connectivity index (χ4n) is 2.31. The molecule has 25 heavy (non-hydrogen) atoms. The number of halogens is 1. The Bertz CT molecular complexity index is 752. The minimum absolute atomic E-state index is 0.308. The first kappa shape index (κ1) is 19.0. The molecule has 0 saturated heterocycles. The van der Waals surface area contributed by atoms with Gasteiger partial charge in [0.2, 0.25) is 0 Å². The van der Waals surface area contributed by atoms with Crippen molar-refractivity contribution in [2.75, 3.05) is 30.9 Å². The molecule has 0 aliphatic rings. The number of anilines is 2. The summed E-state index contributed by atoms with van der Waals surface area (Å²) in [4.78, 5) is 23.2. The molecule has 0 radical (unpaired) electrons. The maximum atomic E-state index is 12.5. The van der Waals surface area contributed by atoms with Crippen molar-refractivity contribution in [3.8, 4) is 5.75 Å². The van der Waals surface area contributed by atoms with Crippen LogP contribution in [0.1, 0.15) is 36.1 Å². The van der Waals surface area contributed by atoms with Crippen LogP contribution in [0.5, 0.6) is 5.75 Å². The second-order valence-corrected chi connectivity index (χ2v) is 6.14. The number of rotatable bonds is 7. The number of hydrogen-bond acceptors (Lipinski definition) is 5. The number of ether oxygens (including phenoxy) is 1. The summed E-state index contributed by atoms with van der Waals surface area (Å²) in [7, 11) is 3.50. The van der Waals surface area contributed by atoms with Crippen LogP contribution in [0.25, 0.3) is 0 Å². The van der Waals surface area contributed by atoms with E-state index < -0.39 is 0 Å². The molecule has 0 fully saturated rings. The number of carbonyl (C=O) groups excluding carboxylic acids is 1. The molecule has 6 nitrogen and oxygen atoms in total. The zero-order chi connectivity index (χ0) is 18.4. The Morgan fingerprint density at radius 3 is 2.72 bits per heavy atom. The number of nitrogens with one attached hydrogen (secondary N) is 1. The Morgan fingerprint density at radius 2 is 2.08 bits per heavy atom. The van der Waals surface area contributed by atoms with Gasteiger partial charge >= 0.3 is 0 Å². The van der Waals surface area contributed by atoms with E-state index in [9.17, 15) is 4.79 Å². The Morgan fingerprint density at radius 1 is 1.32 bits per heavy atom. The van der Waals surface area contributed by atoms with Crippen LogP contribution < -0.4 is 15.0 Å². The van der Waals surface area contributed by atoms with Gasteiger partial charge in [0.05, 0.1) is 12.1 Å². The van der Waals surface area contributed by atoms with Gasteiger partial charge in [-0.25, -0.2) is 9.97 Å². The lowest BCUT2D eigenvalue weighted by atomic mass is 10.2. The van der Waals surface area contributed by atoms with E-state index in [4.69, 9.17) is 16.3 Å². The second kappa shape index (κ2) is 8.67. The zero-order valence-electron chi connectivity index (χ0n) is 15.0. The number of benzene rings is 1. The molecule has 0 aliphatic heterocycles. The Labute approximate surface area is 153 Å². The van der Waals surface area contributed by atoms with Crippen LogP contribution in [0, 0.1) is 6.92 Å². The highest BCUT2D eigenvalue weighted by Gasteiger charge is 2.13. The first-order valence-corrected chi connectivity index (χ1v) is 8.54. The van der Waals surface area contributed by atoms with Crippen molar-refractivity contribution < 1.29 is 9.53 Å². The highest BCUT2D eigenvalue weighted by atomic mass is 35.5. The number of aryl methyl sites for hydroxylation is 1. The molecule has 2 aromatic rings. The number of unbranched alkanes of at least 4 members (excludes halogenated alkanes) is 1. The summed E-state index contributed by atoms with van der Waals surface area (Å²) in [5.41, 5.74) is 0.894. The van der Waals surface area contributed by atoms with Crippen LogP contribution in [0.2, 0.25) is 5.02 Å². The third kappa shape index (κ3) is 5.06. The van der Waals surface area contributed by atoms with Crippen molar-refractivity contribution in [1.29, 1.82) is 0 Å². The van der Waals surface area contributed by atoms with Gasteiger partial charge in [0.15, 0.2) is 0 Å². The minimum atomic E-state index is -0.308. The molecule has 2 rings (SSSR count). The number of amides is 1. The fraction of sp³-hybridized carbons (Fsp3) is 0.389. The van der Waals surface area contributed by atoms with E-state index >= 15 is 0 Å². The highest BCUT2D eigenvalue weighted by Crippen LogP contribution is 2.27. The molecule has 1 aromatic heterocycles. The number of aromatic nitrogens is 2. The van der Waals surface area contributed by atoms with Crippen molar-refractivity contribution in [3.63, 3.8) is 0 Å². The Kier molecular flexibility index (Phi) is 6.58. The van der Waals surface area contributed by atoms with Crippen LogP contribution in [-0.4, -0.2) is 36.6 Å². The molecule has 0 unspecified atom stereocenters. The lowest BCUT2D eigenvalue weighted by Crippen LogP contribution is -2.22. The molecule has 1 aromatic carbocycles. The summed E-state index contributed by atoms with van der Waals surface area (Å²) in [6, 6.07) is 6.77. The van der Waals surface area contributed by atoms with Crippen molar-refractivity contribution in [2.24, 2.45) is 0 Å². The average Bonchev–Trinajstić information content (AvgIpc) is 2.59. The SMILES string of the molecule is CCCCN(C)c1cc(C(=O)Nc2ccc(OC)c(Cl)c2)nc(C)n1. The third-order valence-corrected chi connectivity index (χ3v) is 4.00. The molecule has 0 aliphatic carbocycles. The number of carbonyl (C=O) groups is 1. The van der Waals surface area contributed by atoms with Crippen LogP contribution >= 0.6 is 11.6 Å². The van der Waals surface area contributed by atoms with E-state index in [1.54, 1.807) is 38.3 Å². The first-order chi connectivity index (χ1) is 11.9. The first-order valence-electron chi connectivity index (χ1n) is 8.16. The van der Waals surface area contributed by atoms with Crippen molar-refractivity contribution in [3.05, 3.63) is 40.8 Å². The molecule has 0 atom stereocenters. The van der Waals surface area contributed by atoms with Gasteiger partial charge in [-0.2, -0.15) is 0 Å². The largest absolute Gasteiger partial charge is 0.495 e. The lowest BCUT2D eigenvalue weighted by Gasteiger charge is -2.18. The van der Waals surface area contributed by atoms with Crippen LogP contribution in [0.15, 0.2) is 24.3 Å². The standard InChI is InChI=1S/C18H23ClN4O2/c1-5-6-9-23(3)17-11-15(20-12(2)21-17)18(24)22-13-7-8-16(25-4)14(19)10-13/h7-8,10-11H,5-6,9H2,1-4H3,(H,22,24). The van der Waals surface area contributed by atoms with E-state index in [1.807, 2.05) is 11.9 Å². The van der Waals surface area contributed by atoms with Gasteiger partial charge in [-0.15, -0.1) is 0 Å². The van der Waals surface area contributed by atoms with Crippen LogP contribution in [-0.2, 0) is 0 Å². The van der Waals surface area contributed by atoms with Crippen molar-refractivity contribution in [2.45, 2.75) is 26.7 Å². The van der Waals surface area contributed by atoms with E-state index in [2.05, 4.69) is 22.2 Å². The maximum Gasteiger partial charge on any atom is 0.274 e. The predicted octanol–water partition coefficient (Wildman–Crippen LogP) is 3.94. The third-order valence-electron chi connectivity index (χ3n) is 3.70. The molecule has 1 amide bonds. The van der Waals surface area contributed by atoms with E-state index in [1.165, 1.54) is 0 Å². The summed E-state index contributed by atoms with van der Waals surface area (Å²) < 4.78 is 5.11. The van der Waals surface area contributed by atoms with Gasteiger partial charge < -0.3 is 15.0 Å². The zero-order valence-corrected chi connectivity index (χ0v) is 15.7. The molecule has 1 N–H and O–H groups in total. The van der Waals surface area contributed by atoms with Gasteiger partial charge in [0.1, 0.15) is 23.1 Å². The maximum absolute atomic E-state index is 12.5. The van der Waals surface area contributed by atoms with E-state index in [0.717, 1.165) is 25.2 Å². The summed E-state index contributed by atoms with van der Waals surface area (Å²) in [5, 5.41) is 3.23. The van der Waals surface area contributed by atoms with Gasteiger partial charge in [-0.3, -0.25) is 4.79 Å². The number of nitrogens with zero attached hydrogens (tertiary/aromatic N) is 3. The van der Waals surface area contributed by atoms with Crippen LogP contribution in [0.3, 0.4) is 0 Å². The lowest BCUT2D eigenvalue weighted by molar-refractivity contribution is 0.102.